The fraction of sp³-hybridized carbons (Fsp3) is 0.103. The number of hydrogen-bond acceptors (Lipinski definition) is 0. The summed E-state index contributed by atoms with van der Waals surface area (Å²) < 4.78 is 0. The van der Waals surface area contributed by atoms with E-state index in [1.807, 2.05) is 36.4 Å². The summed E-state index contributed by atoms with van der Waals surface area (Å²) in [5.74, 6) is 0. The topological polar surface area (TPSA) is 0 Å². The third-order valence-corrected chi connectivity index (χ3v) is 26.9. The molecular formula is C136H118. The van der Waals surface area contributed by atoms with Gasteiger partial charge in [0.05, 0.1) is 10.8 Å². The summed E-state index contributed by atoms with van der Waals surface area (Å²) in [6, 6.07) is 184. The van der Waals surface area contributed by atoms with Gasteiger partial charge in [-0.25, -0.2) is 0 Å². The van der Waals surface area contributed by atoms with E-state index in [-0.39, 0.29) is 16.2 Å². The van der Waals surface area contributed by atoms with E-state index in [2.05, 4.69) is 555 Å². The second kappa shape index (κ2) is 42.4. The Bertz CT molecular complexity index is 7390. The average Bonchev–Trinajstić information content (AvgIpc) is 1.51. The number of rotatable bonds is 5. The minimum atomic E-state index is -0.263. The maximum atomic E-state index is 2.40. The molecule has 0 nitrogen and oxygen atoms in total. The van der Waals surface area contributed by atoms with Gasteiger partial charge in [0.1, 0.15) is 0 Å². The monoisotopic (exact) mass is 1750 g/mol. The quantitative estimate of drug-likeness (QED) is 0.161. The van der Waals surface area contributed by atoms with E-state index in [1.165, 1.54) is 205 Å². The molecule has 0 aromatic heterocycles. The van der Waals surface area contributed by atoms with E-state index in [1.54, 1.807) is 0 Å². The molecule has 0 heteroatoms. The predicted molar refractivity (Wildman–Crippen MR) is 583 cm³/mol. The lowest BCUT2D eigenvalue weighted by Gasteiger charge is -2.34. The van der Waals surface area contributed by atoms with Crippen LogP contribution in [0.2, 0.25) is 0 Å². The summed E-state index contributed by atoms with van der Waals surface area (Å²) in [6.45, 7) is 23.9. The first-order valence-corrected chi connectivity index (χ1v) is 47.7. The SMILES string of the molecule is Cc1ccc(-c2ccccc2)cc1.Cc1ccc2c(c1)C(C)(C)c1ccccc1-2.Cc1ccc2c(c1)C(c1ccccc1)(c1ccccc1)c1ccccc1-2.Cc1ccc2c(c1)C1(c3ccccc3-c3ccccc31)c1ccccc1-2.Cc1ccc2ccccc2c1.Cc1cccc(-c2ccccc2)c1.Cc1cccc2ccccc12.Cc1ccccc1.Cc1ccccc1-c1ccccc1. The van der Waals surface area contributed by atoms with Crippen LogP contribution in [-0.4, -0.2) is 0 Å². The molecular weight excluding hydrogens is 1630 g/mol. The van der Waals surface area contributed by atoms with Crippen molar-refractivity contribution in [3.8, 4) is 77.9 Å². The van der Waals surface area contributed by atoms with E-state index in [9.17, 15) is 0 Å². The molecule has 0 saturated carbocycles. The van der Waals surface area contributed by atoms with Crippen molar-refractivity contribution < 1.29 is 0 Å². The maximum absolute atomic E-state index is 2.40. The zero-order valence-corrected chi connectivity index (χ0v) is 80.1. The molecule has 4 aliphatic rings. The Labute approximate surface area is 807 Å². The van der Waals surface area contributed by atoms with E-state index >= 15 is 0 Å². The smallest absolute Gasteiger partial charge is 0.0622 e. The summed E-state index contributed by atoms with van der Waals surface area (Å²) in [5, 5.41) is 5.33. The summed E-state index contributed by atoms with van der Waals surface area (Å²) >= 11 is 0. The van der Waals surface area contributed by atoms with Crippen LogP contribution in [0.5, 0.6) is 0 Å². The van der Waals surface area contributed by atoms with Crippen LogP contribution in [0.15, 0.2) is 516 Å². The van der Waals surface area contributed by atoms with Gasteiger partial charge in [0.2, 0.25) is 0 Å². The highest BCUT2D eigenvalue weighted by molar-refractivity contribution is 5.96. The molecule has 0 fully saturated rings. The highest BCUT2D eigenvalue weighted by atomic mass is 14.5. The first kappa shape index (κ1) is 92.0. The highest BCUT2D eigenvalue weighted by Gasteiger charge is 2.52. The lowest BCUT2D eigenvalue weighted by molar-refractivity contribution is 0.660. The van der Waals surface area contributed by atoms with Crippen molar-refractivity contribution in [2.75, 3.05) is 0 Å². The molecule has 1 spiro atoms. The van der Waals surface area contributed by atoms with Gasteiger partial charge in [-0.15, -0.1) is 0 Å². The first-order chi connectivity index (χ1) is 66.5. The van der Waals surface area contributed by atoms with E-state index in [4.69, 9.17) is 0 Å². The fourth-order valence-electron chi connectivity index (χ4n) is 20.2. The van der Waals surface area contributed by atoms with Crippen LogP contribution in [0.3, 0.4) is 0 Å². The van der Waals surface area contributed by atoms with Crippen molar-refractivity contribution in [2.45, 2.75) is 92.4 Å². The largest absolute Gasteiger partial charge is 0.0725 e. The molecule has 0 heterocycles. The lowest BCUT2D eigenvalue weighted by atomic mass is 9.67. The zero-order chi connectivity index (χ0) is 94.0. The molecule has 0 bridgehead atoms. The number of benzene rings is 21. The summed E-state index contributed by atoms with van der Waals surface area (Å²) in [6.07, 6.45) is 0. The van der Waals surface area contributed by atoms with Gasteiger partial charge < -0.3 is 0 Å². The molecule has 0 N–H and O–H groups in total. The molecule has 136 heavy (non-hydrogen) atoms. The molecule has 0 aliphatic heterocycles. The highest BCUT2D eigenvalue weighted by Crippen LogP contribution is 2.63. The first-order valence-electron chi connectivity index (χ1n) is 47.7. The maximum Gasteiger partial charge on any atom is 0.0725 e. The van der Waals surface area contributed by atoms with Gasteiger partial charge >= 0.3 is 0 Å². The Kier molecular flexibility index (Phi) is 28.7. The molecule has 0 unspecified atom stereocenters. The van der Waals surface area contributed by atoms with Crippen LogP contribution in [0.4, 0.5) is 0 Å². The Balaban J connectivity index is 0.000000109. The van der Waals surface area contributed by atoms with Crippen LogP contribution < -0.4 is 0 Å². The number of hydrogen-bond donors (Lipinski definition) is 0. The van der Waals surface area contributed by atoms with Crippen molar-refractivity contribution in [1.82, 2.24) is 0 Å². The summed E-state index contributed by atoms with van der Waals surface area (Å²) in [7, 11) is 0. The van der Waals surface area contributed by atoms with Gasteiger partial charge in [0.25, 0.3) is 0 Å². The molecule has 0 radical (unpaired) electrons. The molecule has 21 aromatic carbocycles. The molecule has 21 aromatic rings. The normalized spacial score (nSPS) is 12.3. The van der Waals surface area contributed by atoms with Crippen LogP contribution in [-0.2, 0) is 16.2 Å². The second-order valence-electron chi connectivity index (χ2n) is 36.7. The second-order valence-corrected chi connectivity index (χ2v) is 36.7. The van der Waals surface area contributed by atoms with Gasteiger partial charge in [-0.1, -0.05) is 568 Å². The van der Waals surface area contributed by atoms with Gasteiger partial charge in [-0.05, 0) is 229 Å². The van der Waals surface area contributed by atoms with Crippen LogP contribution >= 0.6 is 0 Å². The van der Waals surface area contributed by atoms with Crippen LogP contribution in [0.1, 0.15) is 120 Å². The minimum Gasteiger partial charge on any atom is -0.0622 e. The van der Waals surface area contributed by atoms with Gasteiger partial charge in [-0.3, -0.25) is 0 Å². The molecule has 0 amide bonds. The Morgan fingerprint density at radius 2 is 0.426 bits per heavy atom. The van der Waals surface area contributed by atoms with Crippen LogP contribution in [0, 0.1) is 62.3 Å². The van der Waals surface area contributed by atoms with E-state index < -0.39 is 0 Å². The average molecular weight is 1750 g/mol. The van der Waals surface area contributed by atoms with Gasteiger partial charge in [-0.2, -0.15) is 0 Å². The number of fused-ring (bicyclic) bond motifs is 18. The van der Waals surface area contributed by atoms with Crippen molar-refractivity contribution in [3.63, 3.8) is 0 Å². The lowest BCUT2D eigenvalue weighted by Crippen LogP contribution is -2.28. The summed E-state index contributed by atoms with van der Waals surface area (Å²) in [5.41, 5.74) is 44.3. The van der Waals surface area contributed by atoms with Crippen molar-refractivity contribution >= 4 is 21.5 Å². The summed E-state index contributed by atoms with van der Waals surface area (Å²) in [4.78, 5) is 0. The fourth-order valence-corrected chi connectivity index (χ4v) is 20.2. The Morgan fingerprint density at radius 1 is 0.140 bits per heavy atom. The van der Waals surface area contributed by atoms with Crippen molar-refractivity contribution in [3.05, 3.63) is 621 Å². The molecule has 662 valence electrons. The minimum absolute atomic E-state index is 0.151. The predicted octanol–water partition coefficient (Wildman–Crippen LogP) is 36.3. The standard InChI is InChI=1S/C26H18.C26H20.C16H16.3C13H12.2C11H10.C7H8/c1-17-14-15-21-20-10-4-7-13-24(20)26(25(21)16-17)22-11-5-2-8-18(22)19-9-3-6-12-23(19)26;1-19-16-17-23-22-14-8-9-15-24(22)26(25(23)18-19,20-10-4-2-5-11-20)21-12-6-3-7-13-21;1-11-8-9-13-12-6-4-5-7-14(12)16(2,3)15(13)10-11;1-11-7-5-6-10-13(11)12-8-3-2-4-9-12;1-11-6-5-9-13(10-11)12-7-3-2-4-8-12;1-11-7-9-13(10-8-11)12-5-3-2-4-6-12;1-9-5-4-7-10-6-2-3-8-11(9)10;1-9-6-7-10-4-2-3-5-11(10)8-9;1-7-5-3-2-4-6-7/h2-16H,1H3;2-18H,1H3;4-10H,1-3H3;3*2-10H,1H3;2*2-8H,1H3;2-6H,1H3. The number of aryl methyl sites for hydroxylation is 9. The van der Waals surface area contributed by atoms with Gasteiger partial charge in [0.15, 0.2) is 0 Å². The molecule has 4 aliphatic carbocycles. The molecule has 0 atom stereocenters. The molecule has 25 rings (SSSR count). The van der Waals surface area contributed by atoms with E-state index in [0.717, 1.165) is 0 Å². The van der Waals surface area contributed by atoms with Crippen molar-refractivity contribution in [1.29, 1.82) is 0 Å². The van der Waals surface area contributed by atoms with Gasteiger partial charge in [0, 0.05) is 5.41 Å². The van der Waals surface area contributed by atoms with Crippen molar-refractivity contribution in [2.24, 2.45) is 0 Å². The molecule has 0 saturated heterocycles. The zero-order valence-electron chi connectivity index (χ0n) is 80.1. The third-order valence-electron chi connectivity index (χ3n) is 26.9. The van der Waals surface area contributed by atoms with E-state index in [0.29, 0.717) is 0 Å². The van der Waals surface area contributed by atoms with Crippen LogP contribution in [0.25, 0.3) is 99.4 Å². The Hall–Kier alpha value is -15.9. The third kappa shape index (κ3) is 19.8. The Morgan fingerprint density at radius 3 is 0.897 bits per heavy atom.